The molecule has 1 aromatic rings. The Balaban J connectivity index is 2.46. The summed E-state index contributed by atoms with van der Waals surface area (Å²) in [5.41, 5.74) is 6.23. The van der Waals surface area contributed by atoms with Gasteiger partial charge in [0.05, 0.1) is 5.75 Å². The first-order valence-electron chi connectivity index (χ1n) is 7.36. The summed E-state index contributed by atoms with van der Waals surface area (Å²) >= 11 is 0. The first kappa shape index (κ1) is 17.8. The average molecular weight is 314 g/mol. The average Bonchev–Trinajstić information content (AvgIpc) is 2.39. The molecule has 0 heterocycles. The van der Waals surface area contributed by atoms with Gasteiger partial charge in [-0.3, -0.25) is 0 Å². The lowest BCUT2D eigenvalue weighted by molar-refractivity contribution is 0.338. The fourth-order valence-electron chi connectivity index (χ4n) is 2.31. The summed E-state index contributed by atoms with van der Waals surface area (Å²) in [6.07, 6.45) is 1.92. The van der Waals surface area contributed by atoms with Crippen LogP contribution in [0, 0.1) is 5.92 Å². The van der Waals surface area contributed by atoms with Gasteiger partial charge in [0, 0.05) is 17.8 Å². The third-order valence-electron chi connectivity index (χ3n) is 3.60. The van der Waals surface area contributed by atoms with Crippen molar-refractivity contribution in [2.45, 2.75) is 39.7 Å². The van der Waals surface area contributed by atoms with Crippen LogP contribution in [0.4, 0.5) is 5.69 Å². The second kappa shape index (κ2) is 8.24. The van der Waals surface area contributed by atoms with E-state index in [1.54, 1.807) is 24.3 Å². The maximum absolute atomic E-state index is 12.0. The van der Waals surface area contributed by atoms with Crippen LogP contribution in [0.1, 0.15) is 33.6 Å². The van der Waals surface area contributed by atoms with Crippen LogP contribution in [0.15, 0.2) is 24.3 Å². The Labute approximate surface area is 127 Å². The smallest absolute Gasteiger partial charge is 0.215 e. The molecule has 0 radical (unpaired) electrons. The standard InChI is InChI=1S/C15H26N2O3S/c1-4-13(5-2)12(3)17-21(18,19)10-9-20-15-8-6-7-14(16)11-15/h6-8,11-13,17H,4-5,9-10,16H2,1-3H3. The minimum atomic E-state index is -3.33. The Morgan fingerprint density at radius 1 is 1.29 bits per heavy atom. The van der Waals surface area contributed by atoms with Crippen molar-refractivity contribution in [3.8, 4) is 5.75 Å². The first-order chi connectivity index (χ1) is 9.88. The summed E-state index contributed by atoms with van der Waals surface area (Å²) in [6, 6.07) is 6.89. The molecule has 6 heteroatoms. The summed E-state index contributed by atoms with van der Waals surface area (Å²) in [5, 5.41) is 0. The third kappa shape index (κ3) is 6.35. The second-order valence-electron chi connectivity index (χ2n) is 5.22. The predicted octanol–water partition coefficient (Wildman–Crippen LogP) is 2.39. The van der Waals surface area contributed by atoms with Crippen molar-refractivity contribution >= 4 is 15.7 Å². The molecule has 120 valence electrons. The molecule has 0 saturated heterocycles. The van der Waals surface area contributed by atoms with Crippen molar-refractivity contribution in [1.82, 2.24) is 4.72 Å². The second-order valence-corrected chi connectivity index (χ2v) is 7.10. The molecule has 0 aliphatic rings. The normalized spacial score (nSPS) is 13.3. The van der Waals surface area contributed by atoms with Gasteiger partial charge >= 0.3 is 0 Å². The van der Waals surface area contributed by atoms with Crippen LogP contribution >= 0.6 is 0 Å². The van der Waals surface area contributed by atoms with Gasteiger partial charge in [0.25, 0.3) is 0 Å². The van der Waals surface area contributed by atoms with Crippen molar-refractivity contribution in [2.75, 3.05) is 18.1 Å². The molecule has 1 atom stereocenters. The van der Waals surface area contributed by atoms with Crippen LogP contribution in [0.3, 0.4) is 0 Å². The van der Waals surface area contributed by atoms with Gasteiger partial charge in [-0.25, -0.2) is 13.1 Å². The highest BCUT2D eigenvalue weighted by atomic mass is 32.2. The van der Waals surface area contributed by atoms with E-state index in [4.69, 9.17) is 10.5 Å². The van der Waals surface area contributed by atoms with E-state index in [-0.39, 0.29) is 18.4 Å². The van der Waals surface area contributed by atoms with Gasteiger partial charge in [0.1, 0.15) is 12.4 Å². The monoisotopic (exact) mass is 314 g/mol. The number of hydrogen-bond acceptors (Lipinski definition) is 4. The number of nitrogens with two attached hydrogens (primary N) is 1. The van der Waals surface area contributed by atoms with Crippen LogP contribution in [0.5, 0.6) is 5.75 Å². The summed E-state index contributed by atoms with van der Waals surface area (Å²) < 4.78 is 32.2. The molecule has 21 heavy (non-hydrogen) atoms. The van der Waals surface area contributed by atoms with E-state index < -0.39 is 10.0 Å². The van der Waals surface area contributed by atoms with E-state index in [2.05, 4.69) is 18.6 Å². The number of rotatable bonds is 9. The SMILES string of the molecule is CCC(CC)C(C)NS(=O)(=O)CCOc1cccc(N)c1. The largest absolute Gasteiger partial charge is 0.492 e. The van der Waals surface area contributed by atoms with Crippen LogP contribution in [0.2, 0.25) is 0 Å². The maximum Gasteiger partial charge on any atom is 0.215 e. The Bertz CT molecular complexity index is 527. The molecule has 0 saturated carbocycles. The molecule has 0 spiro atoms. The lowest BCUT2D eigenvalue weighted by Gasteiger charge is -2.22. The fraction of sp³-hybridized carbons (Fsp3) is 0.600. The molecule has 1 aromatic carbocycles. The first-order valence-corrected chi connectivity index (χ1v) is 9.01. The highest BCUT2D eigenvalue weighted by molar-refractivity contribution is 7.89. The highest BCUT2D eigenvalue weighted by Gasteiger charge is 2.20. The zero-order valence-electron chi connectivity index (χ0n) is 13.0. The molecule has 0 aliphatic carbocycles. The Morgan fingerprint density at radius 2 is 1.95 bits per heavy atom. The number of benzene rings is 1. The summed E-state index contributed by atoms with van der Waals surface area (Å²) in [4.78, 5) is 0. The maximum atomic E-state index is 12.0. The minimum absolute atomic E-state index is 0.0580. The van der Waals surface area contributed by atoms with E-state index in [9.17, 15) is 8.42 Å². The van der Waals surface area contributed by atoms with Gasteiger partial charge in [-0.2, -0.15) is 0 Å². The Hall–Kier alpha value is -1.27. The summed E-state index contributed by atoms with van der Waals surface area (Å²) in [6.45, 7) is 6.16. The Morgan fingerprint density at radius 3 is 2.52 bits per heavy atom. The predicted molar refractivity (Wildman–Crippen MR) is 86.8 cm³/mol. The molecule has 0 amide bonds. The van der Waals surface area contributed by atoms with Gasteiger partial charge in [0.15, 0.2) is 0 Å². The van der Waals surface area contributed by atoms with Crippen LogP contribution in [-0.4, -0.2) is 26.8 Å². The van der Waals surface area contributed by atoms with Crippen LogP contribution in [0.25, 0.3) is 0 Å². The lowest BCUT2D eigenvalue weighted by Crippen LogP contribution is -2.40. The third-order valence-corrected chi connectivity index (χ3v) is 5.04. The number of nitrogens with one attached hydrogen (secondary N) is 1. The topological polar surface area (TPSA) is 81.4 Å². The molecule has 0 fully saturated rings. The fourth-order valence-corrected chi connectivity index (χ4v) is 3.49. The van der Waals surface area contributed by atoms with E-state index in [0.29, 0.717) is 17.4 Å². The van der Waals surface area contributed by atoms with Crippen molar-refractivity contribution in [3.05, 3.63) is 24.3 Å². The van der Waals surface area contributed by atoms with Gasteiger partial charge in [-0.15, -0.1) is 0 Å². The van der Waals surface area contributed by atoms with E-state index in [1.165, 1.54) is 0 Å². The number of anilines is 1. The molecule has 1 rings (SSSR count). The van der Waals surface area contributed by atoms with E-state index >= 15 is 0 Å². The number of nitrogen functional groups attached to an aromatic ring is 1. The number of sulfonamides is 1. The van der Waals surface area contributed by atoms with Crippen LogP contribution in [-0.2, 0) is 10.0 Å². The molecule has 0 aromatic heterocycles. The number of hydrogen-bond donors (Lipinski definition) is 2. The zero-order valence-corrected chi connectivity index (χ0v) is 13.8. The molecule has 0 aliphatic heterocycles. The molecule has 3 N–H and O–H groups in total. The Kier molecular flexibility index (Phi) is 6.98. The van der Waals surface area contributed by atoms with Crippen molar-refractivity contribution in [3.63, 3.8) is 0 Å². The van der Waals surface area contributed by atoms with E-state index in [1.807, 2.05) is 6.92 Å². The molecule has 5 nitrogen and oxygen atoms in total. The van der Waals surface area contributed by atoms with Gasteiger partial charge < -0.3 is 10.5 Å². The van der Waals surface area contributed by atoms with Crippen LogP contribution < -0.4 is 15.2 Å². The summed E-state index contributed by atoms with van der Waals surface area (Å²) in [7, 11) is -3.33. The molecular weight excluding hydrogens is 288 g/mol. The number of ether oxygens (including phenoxy) is 1. The summed E-state index contributed by atoms with van der Waals surface area (Å²) in [5.74, 6) is 0.875. The van der Waals surface area contributed by atoms with Gasteiger partial charge in [-0.1, -0.05) is 32.8 Å². The van der Waals surface area contributed by atoms with Gasteiger partial charge in [0.2, 0.25) is 10.0 Å². The quantitative estimate of drug-likeness (QED) is 0.686. The molecular formula is C15H26N2O3S. The highest BCUT2D eigenvalue weighted by Crippen LogP contribution is 2.15. The minimum Gasteiger partial charge on any atom is -0.492 e. The molecule has 0 bridgehead atoms. The van der Waals surface area contributed by atoms with Crippen molar-refractivity contribution in [2.24, 2.45) is 5.92 Å². The van der Waals surface area contributed by atoms with Crippen molar-refractivity contribution in [1.29, 1.82) is 0 Å². The zero-order chi connectivity index (χ0) is 15.9. The van der Waals surface area contributed by atoms with Crippen molar-refractivity contribution < 1.29 is 13.2 Å². The van der Waals surface area contributed by atoms with E-state index in [0.717, 1.165) is 12.8 Å². The van der Waals surface area contributed by atoms with Gasteiger partial charge in [-0.05, 0) is 25.0 Å². The molecule has 1 unspecified atom stereocenters. The lowest BCUT2D eigenvalue weighted by atomic mass is 9.96.